The molecule has 1 aliphatic heterocycles. The summed E-state index contributed by atoms with van der Waals surface area (Å²) in [6, 6.07) is 5.00. The van der Waals surface area contributed by atoms with E-state index in [-0.39, 0.29) is 0 Å². The van der Waals surface area contributed by atoms with Crippen LogP contribution in [0.5, 0.6) is 0 Å². The van der Waals surface area contributed by atoms with Gasteiger partial charge in [-0.15, -0.1) is 11.3 Å². The van der Waals surface area contributed by atoms with E-state index in [4.69, 9.17) is 4.74 Å². The lowest BCUT2D eigenvalue weighted by Gasteiger charge is -2.63. The third-order valence-corrected chi connectivity index (χ3v) is 7.28. The fourth-order valence-corrected chi connectivity index (χ4v) is 5.57. The normalized spacial score (nSPS) is 31.4. The van der Waals surface area contributed by atoms with Crippen LogP contribution < -0.4 is 10.6 Å². The Morgan fingerprint density at radius 1 is 1.39 bits per heavy atom. The smallest absolute Gasteiger partial charge is 0.191 e. The third-order valence-electron chi connectivity index (χ3n) is 6.05. The molecule has 126 valence electrons. The number of hydrogen-bond donors (Lipinski definition) is 2. The summed E-state index contributed by atoms with van der Waals surface area (Å²) in [6.45, 7) is 4.00. The Morgan fingerprint density at radius 3 is 2.87 bits per heavy atom. The Kier molecular flexibility index (Phi) is 4.10. The van der Waals surface area contributed by atoms with Crippen LogP contribution in [0.2, 0.25) is 0 Å². The first kappa shape index (κ1) is 15.5. The highest BCUT2D eigenvalue weighted by atomic mass is 32.1. The summed E-state index contributed by atoms with van der Waals surface area (Å²) < 4.78 is 6.00. The Labute approximate surface area is 142 Å². The van der Waals surface area contributed by atoms with Gasteiger partial charge in [-0.2, -0.15) is 0 Å². The highest BCUT2D eigenvalue weighted by Crippen LogP contribution is 2.62. The van der Waals surface area contributed by atoms with Gasteiger partial charge in [0.2, 0.25) is 0 Å². The van der Waals surface area contributed by atoms with Gasteiger partial charge in [-0.1, -0.05) is 13.3 Å². The summed E-state index contributed by atoms with van der Waals surface area (Å²) in [5.74, 6) is 1.63. The van der Waals surface area contributed by atoms with Crippen LogP contribution in [0.1, 0.15) is 42.4 Å². The van der Waals surface area contributed by atoms with Crippen molar-refractivity contribution in [2.24, 2.45) is 16.3 Å². The van der Waals surface area contributed by atoms with Crippen molar-refractivity contribution < 1.29 is 4.74 Å². The molecule has 2 aliphatic carbocycles. The van der Waals surface area contributed by atoms with Gasteiger partial charge in [0.05, 0.1) is 12.6 Å². The Morgan fingerprint density at radius 2 is 2.22 bits per heavy atom. The number of nitrogens with zero attached hydrogens (tertiary/aromatic N) is 1. The quantitative estimate of drug-likeness (QED) is 0.658. The largest absolute Gasteiger partial charge is 0.377 e. The van der Waals surface area contributed by atoms with Crippen LogP contribution >= 0.6 is 11.3 Å². The highest BCUT2D eigenvalue weighted by Gasteiger charge is 2.66. The minimum Gasteiger partial charge on any atom is -0.377 e. The van der Waals surface area contributed by atoms with E-state index in [1.807, 2.05) is 18.4 Å². The molecule has 3 aliphatic rings. The average Bonchev–Trinajstić information content (AvgIpc) is 3.14. The number of rotatable bonds is 4. The molecule has 2 saturated carbocycles. The maximum Gasteiger partial charge on any atom is 0.191 e. The van der Waals surface area contributed by atoms with Crippen LogP contribution in [0.25, 0.3) is 0 Å². The Hall–Kier alpha value is -1.07. The van der Waals surface area contributed by atoms with E-state index >= 15 is 0 Å². The van der Waals surface area contributed by atoms with Crippen LogP contribution in [0.4, 0.5) is 0 Å². The third kappa shape index (κ3) is 2.49. The van der Waals surface area contributed by atoms with Crippen molar-refractivity contribution in [3.63, 3.8) is 0 Å². The molecule has 0 bridgehead atoms. The lowest BCUT2D eigenvalue weighted by atomic mass is 9.46. The standard InChI is InChI=1S/C18H27N3OS/c1-3-12-5-6-13(23-12)11-20-17(19-2)21-15-14-7-10-22-16(14)18(15)8-4-9-18/h5-6,14-16H,3-4,7-11H2,1-2H3,(H2,19,20,21). The topological polar surface area (TPSA) is 45.7 Å². The maximum absolute atomic E-state index is 6.00. The molecule has 23 heavy (non-hydrogen) atoms. The van der Waals surface area contributed by atoms with E-state index in [0.29, 0.717) is 23.5 Å². The van der Waals surface area contributed by atoms with Crippen LogP contribution in [0.15, 0.2) is 17.1 Å². The van der Waals surface area contributed by atoms with E-state index in [1.165, 1.54) is 35.4 Å². The monoisotopic (exact) mass is 333 g/mol. The first-order valence-corrected chi connectivity index (χ1v) is 9.75. The van der Waals surface area contributed by atoms with Crippen molar-refractivity contribution >= 4 is 17.3 Å². The predicted octanol–water partition coefficient (Wildman–Crippen LogP) is 2.93. The lowest BCUT2D eigenvalue weighted by Crippen LogP contribution is -2.72. The van der Waals surface area contributed by atoms with Gasteiger partial charge in [0, 0.05) is 40.8 Å². The number of nitrogens with one attached hydrogen (secondary N) is 2. The van der Waals surface area contributed by atoms with E-state index in [9.17, 15) is 0 Å². The molecule has 2 heterocycles. The first-order chi connectivity index (χ1) is 11.3. The summed E-state index contributed by atoms with van der Waals surface area (Å²) in [7, 11) is 1.87. The lowest BCUT2D eigenvalue weighted by molar-refractivity contribution is -0.171. The number of guanidine groups is 1. The minimum absolute atomic E-state index is 0.400. The van der Waals surface area contributed by atoms with Gasteiger partial charge >= 0.3 is 0 Å². The molecule has 1 aromatic heterocycles. The van der Waals surface area contributed by atoms with Gasteiger partial charge in [0.15, 0.2) is 5.96 Å². The van der Waals surface area contributed by atoms with Crippen molar-refractivity contribution in [3.05, 3.63) is 21.9 Å². The van der Waals surface area contributed by atoms with Gasteiger partial charge < -0.3 is 15.4 Å². The molecule has 0 radical (unpaired) electrons. The van der Waals surface area contributed by atoms with E-state index < -0.39 is 0 Å². The van der Waals surface area contributed by atoms with Gasteiger partial charge in [0.25, 0.3) is 0 Å². The van der Waals surface area contributed by atoms with Crippen molar-refractivity contribution in [1.29, 1.82) is 0 Å². The molecule has 5 heteroatoms. The van der Waals surface area contributed by atoms with Crippen LogP contribution in [-0.4, -0.2) is 31.8 Å². The van der Waals surface area contributed by atoms with Crippen molar-refractivity contribution in [2.45, 2.75) is 57.7 Å². The predicted molar refractivity (Wildman–Crippen MR) is 95.0 cm³/mol. The number of aliphatic imine (C=N–C) groups is 1. The molecular weight excluding hydrogens is 306 g/mol. The molecule has 1 aromatic rings. The summed E-state index contributed by atoms with van der Waals surface area (Å²) in [5, 5.41) is 7.22. The van der Waals surface area contributed by atoms with Gasteiger partial charge in [-0.25, -0.2) is 0 Å². The number of fused-ring (bicyclic) bond motifs is 2. The maximum atomic E-state index is 6.00. The molecule has 0 aromatic carbocycles. The Bertz CT molecular complexity index is 593. The van der Waals surface area contributed by atoms with E-state index in [2.05, 4.69) is 34.7 Å². The fourth-order valence-electron chi connectivity index (χ4n) is 4.68. The molecule has 1 spiro atoms. The number of hydrogen-bond acceptors (Lipinski definition) is 3. The van der Waals surface area contributed by atoms with Crippen molar-refractivity contribution in [3.8, 4) is 0 Å². The Balaban J connectivity index is 1.37. The van der Waals surface area contributed by atoms with Gasteiger partial charge in [0.1, 0.15) is 0 Å². The zero-order valence-electron chi connectivity index (χ0n) is 14.1. The summed E-state index contributed by atoms with van der Waals surface area (Å²) >= 11 is 1.89. The first-order valence-electron chi connectivity index (χ1n) is 8.93. The van der Waals surface area contributed by atoms with Crippen molar-refractivity contribution in [2.75, 3.05) is 13.7 Å². The molecule has 3 atom stereocenters. The minimum atomic E-state index is 0.400. The van der Waals surface area contributed by atoms with E-state index in [1.54, 1.807) is 0 Å². The molecule has 1 saturated heterocycles. The van der Waals surface area contributed by atoms with Gasteiger partial charge in [-0.3, -0.25) is 4.99 Å². The average molecular weight is 334 g/mol. The van der Waals surface area contributed by atoms with Crippen LogP contribution in [-0.2, 0) is 17.7 Å². The SMILES string of the molecule is CCc1ccc(CNC(=NC)NC2C3CCOC3C23CCC3)s1. The molecule has 4 rings (SSSR count). The highest BCUT2D eigenvalue weighted by molar-refractivity contribution is 7.11. The number of thiophene rings is 1. The summed E-state index contributed by atoms with van der Waals surface area (Å²) in [4.78, 5) is 7.27. The molecular formula is C18H27N3OS. The number of ether oxygens (including phenoxy) is 1. The van der Waals surface area contributed by atoms with Crippen LogP contribution in [0, 0.1) is 11.3 Å². The molecule has 3 unspecified atom stereocenters. The zero-order chi connectivity index (χ0) is 15.9. The fraction of sp³-hybridized carbons (Fsp3) is 0.722. The second-order valence-corrected chi connectivity index (χ2v) is 8.35. The summed E-state index contributed by atoms with van der Waals surface area (Å²) in [5.41, 5.74) is 0.400. The second-order valence-electron chi connectivity index (χ2n) is 7.10. The second kappa shape index (κ2) is 6.10. The van der Waals surface area contributed by atoms with Gasteiger partial charge in [-0.05, 0) is 37.8 Å². The number of aryl methyl sites for hydroxylation is 1. The molecule has 4 nitrogen and oxygen atoms in total. The van der Waals surface area contributed by atoms with Crippen molar-refractivity contribution in [1.82, 2.24) is 10.6 Å². The van der Waals surface area contributed by atoms with E-state index in [0.717, 1.165) is 25.5 Å². The zero-order valence-corrected chi connectivity index (χ0v) is 14.9. The molecule has 3 fully saturated rings. The van der Waals surface area contributed by atoms with Crippen LogP contribution in [0.3, 0.4) is 0 Å². The molecule has 0 amide bonds. The summed E-state index contributed by atoms with van der Waals surface area (Å²) in [6.07, 6.45) is 6.81. The molecule has 2 N–H and O–H groups in total.